The first-order chi connectivity index (χ1) is 15.9. The highest BCUT2D eigenvalue weighted by molar-refractivity contribution is 5.83. The van der Waals surface area contributed by atoms with E-state index in [1.807, 2.05) is 75.4 Å². The molecule has 7 heteroatoms. The number of aromatic nitrogens is 3. The van der Waals surface area contributed by atoms with E-state index in [2.05, 4.69) is 15.5 Å². The number of amides is 1. The van der Waals surface area contributed by atoms with E-state index in [9.17, 15) is 4.79 Å². The average Bonchev–Trinajstić information content (AvgIpc) is 3.28. The molecule has 174 valence electrons. The third kappa shape index (κ3) is 5.41. The van der Waals surface area contributed by atoms with Gasteiger partial charge in [0.1, 0.15) is 0 Å². The first kappa shape index (κ1) is 23.0. The maximum atomic E-state index is 12.6. The van der Waals surface area contributed by atoms with Gasteiger partial charge in [-0.15, -0.1) is 0 Å². The predicted molar refractivity (Wildman–Crippen MR) is 129 cm³/mol. The second kappa shape index (κ2) is 10.1. The summed E-state index contributed by atoms with van der Waals surface area (Å²) in [6.07, 6.45) is 6.02. The van der Waals surface area contributed by atoms with Gasteiger partial charge in [-0.25, -0.2) is 9.97 Å². The van der Waals surface area contributed by atoms with Crippen molar-refractivity contribution < 1.29 is 9.32 Å². The van der Waals surface area contributed by atoms with Gasteiger partial charge in [-0.05, 0) is 51.0 Å². The van der Waals surface area contributed by atoms with Gasteiger partial charge in [0.2, 0.25) is 11.9 Å². The highest BCUT2D eigenvalue weighted by atomic mass is 16.5. The van der Waals surface area contributed by atoms with Crippen molar-refractivity contribution in [3.63, 3.8) is 0 Å². The molecule has 0 bridgehead atoms. The van der Waals surface area contributed by atoms with Crippen molar-refractivity contribution in [1.29, 1.82) is 0 Å². The van der Waals surface area contributed by atoms with Crippen molar-refractivity contribution in [2.24, 2.45) is 5.92 Å². The highest BCUT2D eigenvalue weighted by Crippen LogP contribution is 2.39. The van der Waals surface area contributed by atoms with Crippen LogP contribution < -0.4 is 10.2 Å². The molecular formula is C26H33N5O2. The summed E-state index contributed by atoms with van der Waals surface area (Å²) in [5.41, 5.74) is 3.85. The van der Waals surface area contributed by atoms with Crippen LogP contribution in [0.5, 0.6) is 0 Å². The molecule has 1 fully saturated rings. The van der Waals surface area contributed by atoms with E-state index in [1.54, 1.807) is 0 Å². The maximum Gasteiger partial charge on any atom is 0.227 e. The van der Waals surface area contributed by atoms with Crippen molar-refractivity contribution in [2.75, 3.05) is 25.5 Å². The highest BCUT2D eigenvalue weighted by Gasteiger charge is 2.28. The van der Waals surface area contributed by atoms with Crippen molar-refractivity contribution in [3.05, 3.63) is 59.5 Å². The van der Waals surface area contributed by atoms with Crippen LogP contribution in [-0.4, -0.2) is 41.7 Å². The standard InChI is InChI=1S/C26H33N5O2/c1-17-14-23(33-30-17)22-16-28-26(31(3)4)29-24(22)21-12-10-19(11-13-21)15-27-25(32)18(2)20-8-6-5-7-9-20/h5-9,14,16,18-19,21H,10-13,15H2,1-4H3,(H,27,32)/t18-,19?,21?/m0/s1. The Kier molecular flexibility index (Phi) is 7.06. The van der Waals surface area contributed by atoms with Crippen LogP contribution >= 0.6 is 0 Å². The summed E-state index contributed by atoms with van der Waals surface area (Å²) in [5.74, 6) is 2.20. The van der Waals surface area contributed by atoms with Gasteiger partial charge >= 0.3 is 0 Å². The minimum Gasteiger partial charge on any atom is -0.356 e. The van der Waals surface area contributed by atoms with E-state index in [0.29, 0.717) is 17.8 Å². The van der Waals surface area contributed by atoms with Crippen LogP contribution in [0.3, 0.4) is 0 Å². The third-order valence-corrected chi connectivity index (χ3v) is 6.59. The van der Waals surface area contributed by atoms with Gasteiger partial charge in [0, 0.05) is 38.8 Å². The summed E-state index contributed by atoms with van der Waals surface area (Å²) in [6.45, 7) is 4.61. The Labute approximate surface area is 195 Å². The Morgan fingerprint density at radius 2 is 1.91 bits per heavy atom. The number of nitrogens with one attached hydrogen (secondary N) is 1. The molecule has 1 atom stereocenters. The molecule has 2 heterocycles. The molecule has 0 spiro atoms. The molecule has 1 saturated carbocycles. The minimum absolute atomic E-state index is 0.0951. The quantitative estimate of drug-likeness (QED) is 0.565. The molecule has 1 aliphatic carbocycles. The number of rotatable bonds is 7. The lowest BCUT2D eigenvalue weighted by Crippen LogP contribution is -2.33. The summed E-state index contributed by atoms with van der Waals surface area (Å²) >= 11 is 0. The number of hydrogen-bond acceptors (Lipinski definition) is 6. The van der Waals surface area contributed by atoms with E-state index >= 15 is 0 Å². The fourth-order valence-corrected chi connectivity index (χ4v) is 4.52. The van der Waals surface area contributed by atoms with Crippen molar-refractivity contribution in [2.45, 2.75) is 51.4 Å². The van der Waals surface area contributed by atoms with Gasteiger partial charge in [-0.1, -0.05) is 35.5 Å². The second-order valence-electron chi connectivity index (χ2n) is 9.29. The molecule has 7 nitrogen and oxygen atoms in total. The summed E-state index contributed by atoms with van der Waals surface area (Å²) in [4.78, 5) is 24.0. The van der Waals surface area contributed by atoms with E-state index < -0.39 is 0 Å². The summed E-state index contributed by atoms with van der Waals surface area (Å²) in [6, 6.07) is 11.9. The topological polar surface area (TPSA) is 84.2 Å². The Hall–Kier alpha value is -3.22. The number of nitrogens with zero attached hydrogens (tertiary/aromatic N) is 4. The van der Waals surface area contributed by atoms with Crippen LogP contribution in [0.4, 0.5) is 5.95 Å². The molecule has 33 heavy (non-hydrogen) atoms. The zero-order chi connectivity index (χ0) is 23.4. The molecule has 1 N–H and O–H groups in total. The van der Waals surface area contributed by atoms with E-state index in [-0.39, 0.29) is 11.8 Å². The van der Waals surface area contributed by atoms with Crippen LogP contribution in [0.2, 0.25) is 0 Å². The minimum atomic E-state index is -0.138. The Bertz CT molecular complexity index is 1070. The SMILES string of the molecule is Cc1cc(-c2cnc(N(C)C)nc2C2CCC(CNC(=O)[C@@H](C)c3ccccc3)CC2)on1. The molecule has 1 aliphatic rings. The lowest BCUT2D eigenvalue weighted by molar-refractivity contribution is -0.122. The first-order valence-electron chi connectivity index (χ1n) is 11.7. The smallest absolute Gasteiger partial charge is 0.227 e. The molecule has 4 rings (SSSR count). The number of aryl methyl sites for hydroxylation is 1. The van der Waals surface area contributed by atoms with Crippen molar-refractivity contribution >= 4 is 11.9 Å². The Morgan fingerprint density at radius 3 is 2.55 bits per heavy atom. The Morgan fingerprint density at radius 1 is 1.18 bits per heavy atom. The lowest BCUT2D eigenvalue weighted by Gasteiger charge is -2.29. The molecule has 0 aliphatic heterocycles. The molecule has 0 unspecified atom stereocenters. The fourth-order valence-electron chi connectivity index (χ4n) is 4.52. The molecular weight excluding hydrogens is 414 g/mol. The average molecular weight is 448 g/mol. The van der Waals surface area contributed by atoms with Gasteiger partial charge in [0.25, 0.3) is 0 Å². The monoisotopic (exact) mass is 447 g/mol. The molecule has 3 aromatic rings. The fraction of sp³-hybridized carbons (Fsp3) is 0.462. The number of hydrogen-bond donors (Lipinski definition) is 1. The first-order valence-corrected chi connectivity index (χ1v) is 11.7. The van der Waals surface area contributed by atoms with Gasteiger partial charge in [0.05, 0.1) is 22.9 Å². The van der Waals surface area contributed by atoms with E-state index in [1.165, 1.54) is 0 Å². The number of benzene rings is 1. The Balaban J connectivity index is 1.39. The largest absolute Gasteiger partial charge is 0.356 e. The second-order valence-corrected chi connectivity index (χ2v) is 9.29. The van der Waals surface area contributed by atoms with Crippen LogP contribution in [-0.2, 0) is 4.79 Å². The summed E-state index contributed by atoms with van der Waals surface area (Å²) in [5, 5.41) is 7.22. The van der Waals surface area contributed by atoms with E-state index in [4.69, 9.17) is 9.51 Å². The van der Waals surface area contributed by atoms with Crippen LogP contribution in [0.1, 0.15) is 61.4 Å². The summed E-state index contributed by atoms with van der Waals surface area (Å²) in [7, 11) is 3.90. The summed E-state index contributed by atoms with van der Waals surface area (Å²) < 4.78 is 5.54. The van der Waals surface area contributed by atoms with Gasteiger partial charge in [-0.2, -0.15) is 0 Å². The predicted octanol–water partition coefficient (Wildman–Crippen LogP) is 4.70. The van der Waals surface area contributed by atoms with Gasteiger partial charge in [-0.3, -0.25) is 4.79 Å². The molecule has 2 aromatic heterocycles. The van der Waals surface area contributed by atoms with Crippen LogP contribution in [0.25, 0.3) is 11.3 Å². The number of carbonyl (C=O) groups is 1. The van der Waals surface area contributed by atoms with Crippen LogP contribution in [0.15, 0.2) is 47.1 Å². The zero-order valence-electron chi connectivity index (χ0n) is 19.9. The molecule has 0 radical (unpaired) electrons. The van der Waals surface area contributed by atoms with E-state index in [0.717, 1.165) is 60.5 Å². The number of anilines is 1. The molecule has 0 saturated heterocycles. The lowest BCUT2D eigenvalue weighted by atomic mass is 9.79. The maximum absolute atomic E-state index is 12.6. The number of carbonyl (C=O) groups excluding carboxylic acids is 1. The normalized spacial score (nSPS) is 19.2. The third-order valence-electron chi connectivity index (χ3n) is 6.59. The molecule has 1 aromatic carbocycles. The van der Waals surface area contributed by atoms with Gasteiger partial charge in [0.15, 0.2) is 5.76 Å². The zero-order valence-corrected chi connectivity index (χ0v) is 19.9. The van der Waals surface area contributed by atoms with Crippen LogP contribution in [0, 0.1) is 12.8 Å². The van der Waals surface area contributed by atoms with Gasteiger partial charge < -0.3 is 14.7 Å². The molecule has 1 amide bonds. The van der Waals surface area contributed by atoms with Crippen molar-refractivity contribution in [3.8, 4) is 11.3 Å². The van der Waals surface area contributed by atoms with Crippen molar-refractivity contribution in [1.82, 2.24) is 20.4 Å².